The van der Waals surface area contributed by atoms with E-state index in [4.69, 9.17) is 0 Å². The van der Waals surface area contributed by atoms with Crippen molar-refractivity contribution < 1.29 is 21.2 Å². The van der Waals surface area contributed by atoms with Gasteiger partial charge in [-0.15, -0.1) is 0 Å². The number of benzene rings is 1. The molecule has 0 spiro atoms. The molecule has 120 valence electrons. The molecule has 0 amide bonds. The predicted molar refractivity (Wildman–Crippen MR) is 78.8 cm³/mol. The monoisotopic (exact) mass is 337 g/mol. The van der Waals surface area contributed by atoms with E-state index in [0.29, 0.717) is 12.8 Å². The van der Waals surface area contributed by atoms with Crippen LogP contribution in [0.1, 0.15) is 33.1 Å². The number of sulfonamides is 1. The summed E-state index contributed by atoms with van der Waals surface area (Å²) >= 11 is 0. The van der Waals surface area contributed by atoms with E-state index in [1.807, 2.05) is 13.8 Å². The molecule has 0 saturated heterocycles. The molecule has 1 rings (SSSR count). The van der Waals surface area contributed by atoms with E-state index in [1.165, 1.54) is 0 Å². The minimum atomic E-state index is -4.10. The molecular weight excluding hydrogens is 317 g/mol. The van der Waals surface area contributed by atoms with Gasteiger partial charge in [-0.1, -0.05) is 20.3 Å². The third-order valence-corrected chi connectivity index (χ3v) is 5.72. The Hall–Kier alpha value is -0.990. The van der Waals surface area contributed by atoms with E-state index in [2.05, 4.69) is 4.72 Å². The van der Waals surface area contributed by atoms with Gasteiger partial charge in [0.05, 0.1) is 4.90 Å². The van der Waals surface area contributed by atoms with Crippen molar-refractivity contribution in [3.63, 3.8) is 0 Å². The summed E-state index contributed by atoms with van der Waals surface area (Å²) in [5.41, 5.74) is 0. The zero-order chi connectivity index (χ0) is 16.3. The number of nitrogens with one attached hydrogen (secondary N) is 1. The van der Waals surface area contributed by atoms with Crippen LogP contribution in [0.5, 0.6) is 0 Å². The molecule has 1 aromatic carbocycles. The standard InChI is InChI=1S/C13H20FNO4S2/c1-4-6-10(5-2)15-21(18,19)13-9-11(20(3,16)17)7-8-12(13)14/h7-10,15H,4-6H2,1-3H3. The topological polar surface area (TPSA) is 80.3 Å². The molecule has 0 radical (unpaired) electrons. The van der Waals surface area contributed by atoms with Crippen LogP contribution in [0.15, 0.2) is 28.0 Å². The van der Waals surface area contributed by atoms with Crippen LogP contribution in [0, 0.1) is 5.82 Å². The van der Waals surface area contributed by atoms with Gasteiger partial charge in [-0.3, -0.25) is 0 Å². The summed E-state index contributed by atoms with van der Waals surface area (Å²) in [6.07, 6.45) is 2.92. The molecule has 21 heavy (non-hydrogen) atoms. The quantitative estimate of drug-likeness (QED) is 0.773. The Kier molecular flexibility index (Phi) is 5.89. The van der Waals surface area contributed by atoms with Crippen molar-refractivity contribution in [2.45, 2.75) is 48.9 Å². The lowest BCUT2D eigenvalue weighted by Gasteiger charge is -2.16. The highest BCUT2D eigenvalue weighted by atomic mass is 32.2. The second-order valence-electron chi connectivity index (χ2n) is 4.88. The summed E-state index contributed by atoms with van der Waals surface area (Å²) < 4.78 is 63.6. The van der Waals surface area contributed by atoms with Crippen molar-refractivity contribution in [3.05, 3.63) is 24.0 Å². The van der Waals surface area contributed by atoms with Gasteiger partial charge in [-0.2, -0.15) is 0 Å². The number of rotatable bonds is 7. The van der Waals surface area contributed by atoms with Gasteiger partial charge in [0.25, 0.3) is 0 Å². The van der Waals surface area contributed by atoms with Crippen molar-refractivity contribution >= 4 is 19.9 Å². The third kappa shape index (κ3) is 4.76. The lowest BCUT2D eigenvalue weighted by molar-refractivity contribution is 0.505. The molecule has 1 aromatic rings. The van der Waals surface area contributed by atoms with Crippen LogP contribution in [0.4, 0.5) is 4.39 Å². The Morgan fingerprint density at radius 3 is 2.29 bits per heavy atom. The molecule has 1 N–H and O–H groups in total. The maximum Gasteiger partial charge on any atom is 0.243 e. The first-order chi connectivity index (χ1) is 9.61. The van der Waals surface area contributed by atoms with E-state index in [0.717, 1.165) is 30.9 Å². The van der Waals surface area contributed by atoms with Gasteiger partial charge < -0.3 is 0 Å². The van der Waals surface area contributed by atoms with Gasteiger partial charge in [0, 0.05) is 12.3 Å². The summed E-state index contributed by atoms with van der Waals surface area (Å²) in [4.78, 5) is -0.868. The number of hydrogen-bond donors (Lipinski definition) is 1. The first-order valence-corrected chi connectivity index (χ1v) is 10.0. The van der Waals surface area contributed by atoms with E-state index < -0.39 is 30.6 Å². The lowest BCUT2D eigenvalue weighted by Crippen LogP contribution is -2.34. The molecule has 0 aliphatic heterocycles. The van der Waals surface area contributed by atoms with Gasteiger partial charge in [0.2, 0.25) is 10.0 Å². The SMILES string of the molecule is CCCC(CC)NS(=O)(=O)c1cc(S(C)(=O)=O)ccc1F. The zero-order valence-electron chi connectivity index (χ0n) is 12.3. The summed E-state index contributed by atoms with van der Waals surface area (Å²) in [5, 5.41) is 0. The normalized spacial score (nSPS) is 14.1. The van der Waals surface area contributed by atoms with Crippen LogP contribution >= 0.6 is 0 Å². The van der Waals surface area contributed by atoms with Crippen molar-refractivity contribution in [3.8, 4) is 0 Å². The molecule has 0 aromatic heterocycles. The first-order valence-electron chi connectivity index (χ1n) is 6.63. The maximum atomic E-state index is 13.8. The molecule has 0 fully saturated rings. The molecule has 0 saturated carbocycles. The van der Waals surface area contributed by atoms with Crippen LogP contribution in [0.2, 0.25) is 0 Å². The molecule has 0 aliphatic rings. The Bertz CT molecular complexity index is 699. The molecule has 8 heteroatoms. The van der Waals surface area contributed by atoms with Gasteiger partial charge in [-0.05, 0) is 31.0 Å². The Balaban J connectivity index is 3.25. The second kappa shape index (κ2) is 6.85. The van der Waals surface area contributed by atoms with Crippen LogP contribution in [-0.4, -0.2) is 29.1 Å². The Morgan fingerprint density at radius 1 is 1.19 bits per heavy atom. The number of halogens is 1. The summed E-state index contributed by atoms with van der Waals surface area (Å²) in [7, 11) is -7.70. The largest absolute Gasteiger partial charge is 0.243 e. The number of sulfone groups is 1. The van der Waals surface area contributed by atoms with Crippen LogP contribution in [0.25, 0.3) is 0 Å². The van der Waals surface area contributed by atoms with Gasteiger partial charge in [0.15, 0.2) is 9.84 Å². The van der Waals surface area contributed by atoms with Crippen molar-refractivity contribution in [2.24, 2.45) is 0 Å². The van der Waals surface area contributed by atoms with E-state index >= 15 is 0 Å². The average Bonchev–Trinajstić information content (AvgIpc) is 2.36. The molecule has 1 atom stereocenters. The highest BCUT2D eigenvalue weighted by Gasteiger charge is 2.24. The highest BCUT2D eigenvalue weighted by molar-refractivity contribution is 7.91. The minimum Gasteiger partial charge on any atom is -0.224 e. The fourth-order valence-corrected chi connectivity index (χ4v) is 4.08. The second-order valence-corrected chi connectivity index (χ2v) is 8.58. The number of hydrogen-bond acceptors (Lipinski definition) is 4. The predicted octanol–water partition coefficient (Wildman–Crippen LogP) is 2.09. The summed E-state index contributed by atoms with van der Waals surface area (Å²) in [6, 6.07) is 2.45. The highest BCUT2D eigenvalue weighted by Crippen LogP contribution is 2.20. The molecule has 5 nitrogen and oxygen atoms in total. The van der Waals surface area contributed by atoms with Crippen molar-refractivity contribution in [1.29, 1.82) is 0 Å². The molecule has 1 unspecified atom stereocenters. The van der Waals surface area contributed by atoms with E-state index in [-0.39, 0.29) is 10.9 Å². The third-order valence-electron chi connectivity index (χ3n) is 3.07. The summed E-state index contributed by atoms with van der Waals surface area (Å²) in [6.45, 7) is 3.74. The fraction of sp³-hybridized carbons (Fsp3) is 0.538. The molecular formula is C13H20FNO4S2. The van der Waals surface area contributed by atoms with Gasteiger partial charge in [0.1, 0.15) is 10.7 Å². The maximum absolute atomic E-state index is 13.8. The van der Waals surface area contributed by atoms with Gasteiger partial charge >= 0.3 is 0 Å². The molecule has 0 heterocycles. The summed E-state index contributed by atoms with van der Waals surface area (Å²) in [5.74, 6) is -0.971. The Labute approximate surface area is 125 Å². The van der Waals surface area contributed by atoms with Crippen molar-refractivity contribution in [2.75, 3.05) is 6.26 Å². The Morgan fingerprint density at radius 2 is 1.81 bits per heavy atom. The van der Waals surface area contributed by atoms with Crippen molar-refractivity contribution in [1.82, 2.24) is 4.72 Å². The van der Waals surface area contributed by atoms with E-state index in [1.54, 1.807) is 0 Å². The van der Waals surface area contributed by atoms with Crippen LogP contribution in [-0.2, 0) is 19.9 Å². The molecule has 0 bridgehead atoms. The van der Waals surface area contributed by atoms with Gasteiger partial charge in [-0.25, -0.2) is 25.9 Å². The van der Waals surface area contributed by atoms with Crippen LogP contribution in [0.3, 0.4) is 0 Å². The van der Waals surface area contributed by atoms with Crippen LogP contribution < -0.4 is 4.72 Å². The first kappa shape index (κ1) is 18.1. The minimum absolute atomic E-state index is 0.229. The zero-order valence-corrected chi connectivity index (χ0v) is 13.9. The van der Waals surface area contributed by atoms with E-state index in [9.17, 15) is 21.2 Å². The molecule has 0 aliphatic carbocycles. The average molecular weight is 337 g/mol. The fourth-order valence-electron chi connectivity index (χ4n) is 1.90. The smallest absolute Gasteiger partial charge is 0.224 e. The lowest BCUT2D eigenvalue weighted by atomic mass is 10.1.